The Morgan fingerprint density at radius 1 is 1.46 bits per heavy atom. The first kappa shape index (κ1) is 12.9. The topological polar surface area (TPSA) is 26.0 Å². The molecule has 74 valence electrons. The van der Waals surface area contributed by atoms with Crippen molar-refractivity contribution in [1.82, 2.24) is 0 Å². The second-order valence-electron chi connectivity index (χ2n) is 2.91. The van der Waals surface area contributed by atoms with E-state index in [9.17, 15) is 4.39 Å². The Balaban J connectivity index is 0.00000144. The van der Waals surface area contributed by atoms with Gasteiger partial charge in [0.1, 0.15) is 5.82 Å². The first-order valence-corrected chi connectivity index (χ1v) is 4.53. The molecule has 1 aromatic rings. The van der Waals surface area contributed by atoms with Gasteiger partial charge >= 0.3 is 0 Å². The molecule has 0 aromatic heterocycles. The van der Waals surface area contributed by atoms with Crippen molar-refractivity contribution in [2.75, 3.05) is 0 Å². The van der Waals surface area contributed by atoms with Crippen LogP contribution in [0.3, 0.4) is 0 Å². The first-order chi connectivity index (χ1) is 5.52. The molecular weight excluding hydrogens is 256 g/mol. The maximum atomic E-state index is 13.3. The summed E-state index contributed by atoms with van der Waals surface area (Å²) in [7, 11) is 0. The number of nitrogens with two attached hydrogens (primary N) is 1. The molecule has 0 saturated carbocycles. The third-order valence-corrected chi connectivity index (χ3v) is 2.20. The molecule has 0 spiro atoms. The number of halogens is 3. The van der Waals surface area contributed by atoms with E-state index in [1.165, 1.54) is 0 Å². The third-order valence-electron chi connectivity index (χ3n) is 1.74. The molecular formula is C9H12BrClFN. The van der Waals surface area contributed by atoms with Crippen LogP contribution in [-0.2, 0) is 0 Å². The maximum absolute atomic E-state index is 13.3. The molecule has 1 unspecified atom stereocenters. The predicted octanol–water partition coefficient (Wildman–Crippen LogP) is 3.34. The van der Waals surface area contributed by atoms with E-state index >= 15 is 0 Å². The predicted molar refractivity (Wildman–Crippen MR) is 58.7 cm³/mol. The smallest absolute Gasteiger partial charge is 0.130 e. The number of benzene rings is 1. The van der Waals surface area contributed by atoms with Gasteiger partial charge in [-0.25, -0.2) is 4.39 Å². The molecule has 4 heteroatoms. The molecule has 0 radical (unpaired) electrons. The average Bonchev–Trinajstić information content (AvgIpc) is 1.96. The summed E-state index contributed by atoms with van der Waals surface area (Å²) in [6.07, 6.45) is 0. The zero-order valence-corrected chi connectivity index (χ0v) is 9.88. The minimum atomic E-state index is -0.263. The number of aryl methyl sites for hydroxylation is 1. The number of rotatable bonds is 1. The van der Waals surface area contributed by atoms with Gasteiger partial charge in [-0.2, -0.15) is 0 Å². The molecule has 1 atom stereocenters. The van der Waals surface area contributed by atoms with E-state index < -0.39 is 0 Å². The van der Waals surface area contributed by atoms with E-state index in [1.807, 2.05) is 0 Å². The van der Waals surface area contributed by atoms with Crippen molar-refractivity contribution in [3.63, 3.8) is 0 Å². The fraction of sp³-hybridized carbons (Fsp3) is 0.333. The second kappa shape index (κ2) is 4.94. The molecule has 0 fully saturated rings. The largest absolute Gasteiger partial charge is 0.324 e. The van der Waals surface area contributed by atoms with Crippen molar-refractivity contribution in [3.05, 3.63) is 33.5 Å². The van der Waals surface area contributed by atoms with Crippen molar-refractivity contribution in [3.8, 4) is 0 Å². The lowest BCUT2D eigenvalue weighted by atomic mass is 10.1. The number of hydrogen-bond acceptors (Lipinski definition) is 1. The summed E-state index contributed by atoms with van der Waals surface area (Å²) in [5.74, 6) is -0.201. The van der Waals surface area contributed by atoms with Crippen LogP contribution in [0.1, 0.15) is 24.1 Å². The van der Waals surface area contributed by atoms with Crippen molar-refractivity contribution < 1.29 is 4.39 Å². The molecule has 1 nitrogen and oxygen atoms in total. The Hall–Kier alpha value is -0.120. The number of hydrogen-bond donors (Lipinski definition) is 1. The lowest BCUT2D eigenvalue weighted by Gasteiger charge is -2.09. The fourth-order valence-corrected chi connectivity index (χ4v) is 1.67. The highest BCUT2D eigenvalue weighted by molar-refractivity contribution is 9.10. The van der Waals surface area contributed by atoms with E-state index in [4.69, 9.17) is 5.73 Å². The van der Waals surface area contributed by atoms with E-state index in [-0.39, 0.29) is 24.3 Å². The summed E-state index contributed by atoms with van der Waals surface area (Å²) in [4.78, 5) is 0. The van der Waals surface area contributed by atoms with Gasteiger partial charge < -0.3 is 5.73 Å². The van der Waals surface area contributed by atoms with Gasteiger partial charge in [-0.1, -0.05) is 15.9 Å². The first-order valence-electron chi connectivity index (χ1n) is 3.73. The quantitative estimate of drug-likeness (QED) is 0.830. The van der Waals surface area contributed by atoms with Crippen LogP contribution in [0, 0.1) is 12.7 Å². The fourth-order valence-electron chi connectivity index (χ4n) is 1.08. The summed E-state index contributed by atoms with van der Waals surface area (Å²) < 4.78 is 14.2. The summed E-state index contributed by atoms with van der Waals surface area (Å²) in [6.45, 7) is 3.50. The van der Waals surface area contributed by atoms with Crippen LogP contribution < -0.4 is 5.73 Å². The molecule has 0 bridgehead atoms. The summed E-state index contributed by atoms with van der Waals surface area (Å²) in [5.41, 5.74) is 6.77. The highest BCUT2D eigenvalue weighted by Crippen LogP contribution is 2.23. The molecule has 0 heterocycles. The Labute approximate surface area is 92.1 Å². The van der Waals surface area contributed by atoms with E-state index in [0.717, 1.165) is 4.47 Å². The lowest BCUT2D eigenvalue weighted by molar-refractivity contribution is 0.585. The SMILES string of the molecule is Cc1cc(Br)cc(C(C)N)c1F.Cl. The van der Waals surface area contributed by atoms with E-state index in [0.29, 0.717) is 11.1 Å². The van der Waals surface area contributed by atoms with E-state index in [1.54, 1.807) is 26.0 Å². The average molecular weight is 269 g/mol. The highest BCUT2D eigenvalue weighted by atomic mass is 79.9. The molecule has 1 rings (SSSR count). The molecule has 0 aliphatic heterocycles. The van der Waals surface area contributed by atoms with Crippen LogP contribution in [-0.4, -0.2) is 0 Å². The van der Waals surface area contributed by atoms with Crippen LogP contribution in [0.2, 0.25) is 0 Å². The van der Waals surface area contributed by atoms with Gasteiger partial charge in [0, 0.05) is 16.1 Å². The summed E-state index contributed by atoms with van der Waals surface area (Å²) in [6, 6.07) is 3.19. The van der Waals surface area contributed by atoms with Gasteiger partial charge in [0.05, 0.1) is 0 Å². The van der Waals surface area contributed by atoms with E-state index in [2.05, 4.69) is 15.9 Å². The zero-order valence-electron chi connectivity index (χ0n) is 7.47. The highest BCUT2D eigenvalue weighted by Gasteiger charge is 2.09. The van der Waals surface area contributed by atoms with Crippen molar-refractivity contribution in [2.45, 2.75) is 19.9 Å². The van der Waals surface area contributed by atoms with Gasteiger partial charge in [0.2, 0.25) is 0 Å². The van der Waals surface area contributed by atoms with Gasteiger partial charge in [0.15, 0.2) is 0 Å². The van der Waals surface area contributed by atoms with Crippen LogP contribution in [0.5, 0.6) is 0 Å². The standard InChI is InChI=1S/C9H11BrFN.ClH/c1-5-3-7(10)4-8(6(2)12)9(5)11;/h3-4,6H,12H2,1-2H3;1H. The molecule has 2 N–H and O–H groups in total. The van der Waals surface area contributed by atoms with Crippen LogP contribution in [0.15, 0.2) is 16.6 Å². The van der Waals surface area contributed by atoms with Crippen molar-refractivity contribution in [1.29, 1.82) is 0 Å². The second-order valence-corrected chi connectivity index (χ2v) is 3.83. The van der Waals surface area contributed by atoms with Gasteiger partial charge in [-0.05, 0) is 31.5 Å². The minimum absolute atomic E-state index is 0. The maximum Gasteiger partial charge on any atom is 0.130 e. The van der Waals surface area contributed by atoms with Crippen molar-refractivity contribution in [2.24, 2.45) is 5.73 Å². The Morgan fingerprint density at radius 2 is 2.00 bits per heavy atom. The Kier molecular flexibility index (Phi) is 4.89. The molecule has 0 aliphatic rings. The van der Waals surface area contributed by atoms with Crippen molar-refractivity contribution >= 4 is 28.3 Å². The van der Waals surface area contributed by atoms with Crippen LogP contribution in [0.25, 0.3) is 0 Å². The Bertz CT molecular complexity index is 302. The van der Waals surface area contributed by atoms with Gasteiger partial charge in [0.25, 0.3) is 0 Å². The van der Waals surface area contributed by atoms with Crippen LogP contribution in [0.4, 0.5) is 4.39 Å². The molecule has 0 saturated heterocycles. The molecule has 0 amide bonds. The Morgan fingerprint density at radius 3 is 2.46 bits per heavy atom. The third kappa shape index (κ3) is 2.93. The monoisotopic (exact) mass is 267 g/mol. The summed E-state index contributed by atoms with van der Waals surface area (Å²) >= 11 is 3.29. The lowest BCUT2D eigenvalue weighted by Crippen LogP contribution is -2.08. The van der Waals surface area contributed by atoms with Crippen LogP contribution >= 0.6 is 28.3 Å². The molecule has 1 aromatic carbocycles. The molecule has 13 heavy (non-hydrogen) atoms. The van der Waals surface area contributed by atoms with Gasteiger partial charge in [-0.3, -0.25) is 0 Å². The zero-order chi connectivity index (χ0) is 9.30. The van der Waals surface area contributed by atoms with Gasteiger partial charge in [-0.15, -0.1) is 12.4 Å². The summed E-state index contributed by atoms with van der Waals surface area (Å²) in [5, 5.41) is 0. The minimum Gasteiger partial charge on any atom is -0.324 e. The normalized spacial score (nSPS) is 12.1. The molecule has 0 aliphatic carbocycles.